The molecule has 0 bridgehead atoms. The Morgan fingerprint density at radius 1 is 1.11 bits per heavy atom. The van der Waals surface area contributed by atoms with Crippen molar-refractivity contribution in [3.63, 3.8) is 0 Å². The summed E-state index contributed by atoms with van der Waals surface area (Å²) in [7, 11) is 0. The van der Waals surface area contributed by atoms with Gasteiger partial charge in [-0.25, -0.2) is 9.37 Å². The van der Waals surface area contributed by atoms with Crippen molar-refractivity contribution in [3.05, 3.63) is 118 Å². The summed E-state index contributed by atoms with van der Waals surface area (Å²) in [6.45, 7) is 7.37. The molecule has 2 N–H and O–H groups in total. The van der Waals surface area contributed by atoms with E-state index in [1.54, 1.807) is 25.1 Å². The van der Waals surface area contributed by atoms with E-state index in [2.05, 4.69) is 38.0 Å². The van der Waals surface area contributed by atoms with Crippen LogP contribution in [0.5, 0.6) is 11.5 Å². The van der Waals surface area contributed by atoms with Crippen LogP contribution in [0.1, 0.15) is 65.3 Å². The van der Waals surface area contributed by atoms with Crippen molar-refractivity contribution in [1.29, 1.82) is 5.26 Å². The van der Waals surface area contributed by atoms with Gasteiger partial charge in [0, 0.05) is 54.5 Å². The predicted octanol–water partition coefficient (Wildman–Crippen LogP) is 7.46. The number of aryl methyl sites for hydroxylation is 1. The van der Waals surface area contributed by atoms with Crippen LogP contribution in [0.4, 0.5) is 10.1 Å². The molecule has 3 aliphatic rings. The Morgan fingerprint density at radius 2 is 2.00 bits per heavy atom. The van der Waals surface area contributed by atoms with Crippen LogP contribution in [0.2, 0.25) is 0 Å². The van der Waals surface area contributed by atoms with Gasteiger partial charge in [0.15, 0.2) is 11.5 Å². The Kier molecular flexibility index (Phi) is 8.40. The molecule has 11 nitrogen and oxygen atoms in total. The first-order valence-electron chi connectivity index (χ1n) is 18.3. The Labute approximate surface area is 311 Å². The molecular weight excluding hydrogens is 686 g/mol. The number of nitrogens with one attached hydrogen (secondary N) is 2. The molecule has 1 saturated heterocycles. The molecule has 12 heteroatoms. The molecule has 0 spiro atoms. The van der Waals surface area contributed by atoms with Gasteiger partial charge in [0.25, 0.3) is 11.7 Å². The summed E-state index contributed by atoms with van der Waals surface area (Å²) in [5.41, 5.74) is 7.42. The van der Waals surface area contributed by atoms with Gasteiger partial charge in [0.05, 0.1) is 52.9 Å². The Balaban J connectivity index is 0.931. The van der Waals surface area contributed by atoms with E-state index in [9.17, 15) is 10.1 Å². The molecule has 2 atom stereocenters. The predicted molar refractivity (Wildman–Crippen MR) is 202 cm³/mol. The molecule has 2 aromatic heterocycles. The Bertz CT molecular complexity index is 2530. The minimum absolute atomic E-state index is 0.144. The monoisotopic (exact) mass is 723 g/mol. The number of anilines is 1. The highest BCUT2D eigenvalue weighted by Gasteiger charge is 2.42. The number of ether oxygens (including phenoxy) is 3. The number of aromatic amines is 1. The minimum Gasteiger partial charge on any atom is -0.444 e. The number of halogens is 1. The van der Waals surface area contributed by atoms with Crippen molar-refractivity contribution in [1.82, 2.24) is 24.6 Å². The van der Waals surface area contributed by atoms with Gasteiger partial charge >= 0.3 is 0 Å². The molecule has 3 aliphatic heterocycles. The molecule has 9 rings (SSSR count). The SMILES string of the molecule is CCc1[nH]nc2ccc(C(=O)Nc3ccc4c(c3)nc(CN3CC=C(c5cccc6c5OC(C)(c5ccc(C#N)cc5F)O6)CC3)n4CC3CCO3)cc12. The van der Waals surface area contributed by atoms with E-state index in [1.807, 2.05) is 54.6 Å². The molecule has 6 aromatic rings. The summed E-state index contributed by atoms with van der Waals surface area (Å²) in [6.07, 6.45) is 4.93. The number of nitriles is 1. The number of imidazole rings is 1. The zero-order valence-electron chi connectivity index (χ0n) is 30.0. The highest BCUT2D eigenvalue weighted by atomic mass is 19.1. The minimum atomic E-state index is -1.36. The van der Waals surface area contributed by atoms with Gasteiger partial charge in [0.2, 0.25) is 0 Å². The summed E-state index contributed by atoms with van der Waals surface area (Å²) >= 11 is 0. The van der Waals surface area contributed by atoms with Crippen LogP contribution in [0, 0.1) is 17.1 Å². The summed E-state index contributed by atoms with van der Waals surface area (Å²) < 4.78 is 35.7. The van der Waals surface area contributed by atoms with E-state index in [0.717, 1.165) is 77.0 Å². The molecule has 5 heterocycles. The lowest BCUT2D eigenvalue weighted by Gasteiger charge is -2.29. The largest absolute Gasteiger partial charge is 0.444 e. The van der Waals surface area contributed by atoms with Gasteiger partial charge in [-0.1, -0.05) is 25.1 Å². The number of fused-ring (bicyclic) bond motifs is 3. The maximum atomic E-state index is 15.1. The number of aromatic nitrogens is 4. The fourth-order valence-electron chi connectivity index (χ4n) is 7.63. The molecule has 0 saturated carbocycles. The number of para-hydroxylation sites is 1. The van der Waals surface area contributed by atoms with Gasteiger partial charge in [-0.3, -0.25) is 14.8 Å². The third kappa shape index (κ3) is 6.05. The number of hydrogen-bond donors (Lipinski definition) is 2. The lowest BCUT2D eigenvalue weighted by Crippen LogP contribution is -2.33. The number of H-pyrrole nitrogens is 1. The highest BCUT2D eigenvalue weighted by Crippen LogP contribution is 2.49. The third-order valence-corrected chi connectivity index (χ3v) is 10.7. The lowest BCUT2D eigenvalue weighted by atomic mass is 9.98. The smallest absolute Gasteiger partial charge is 0.278 e. The van der Waals surface area contributed by atoms with E-state index < -0.39 is 11.6 Å². The fourth-order valence-corrected chi connectivity index (χ4v) is 7.63. The molecule has 1 amide bonds. The zero-order chi connectivity index (χ0) is 37.0. The Hall–Kier alpha value is -6.03. The number of rotatable bonds is 9. The number of nitrogens with zero attached hydrogens (tertiary/aromatic N) is 5. The van der Waals surface area contributed by atoms with Crippen LogP contribution in [-0.4, -0.2) is 56.4 Å². The quantitative estimate of drug-likeness (QED) is 0.157. The summed E-state index contributed by atoms with van der Waals surface area (Å²) in [5, 5.41) is 20.6. The van der Waals surface area contributed by atoms with Crippen molar-refractivity contribution in [2.45, 2.75) is 58.1 Å². The molecule has 0 aliphatic carbocycles. The molecule has 4 aromatic carbocycles. The van der Waals surface area contributed by atoms with E-state index in [0.29, 0.717) is 42.4 Å². The van der Waals surface area contributed by atoms with Crippen LogP contribution in [0.3, 0.4) is 0 Å². The number of amides is 1. The van der Waals surface area contributed by atoms with Crippen molar-refractivity contribution >= 4 is 39.1 Å². The second kappa shape index (κ2) is 13.4. The Morgan fingerprint density at radius 3 is 2.76 bits per heavy atom. The van der Waals surface area contributed by atoms with Gasteiger partial charge in [0.1, 0.15) is 11.6 Å². The first kappa shape index (κ1) is 33.8. The summed E-state index contributed by atoms with van der Waals surface area (Å²) in [4.78, 5) is 20.8. The number of benzene rings is 4. The number of carbonyl (C=O) groups excluding carboxylic acids is 1. The van der Waals surface area contributed by atoms with Gasteiger partial charge < -0.3 is 24.1 Å². The lowest BCUT2D eigenvalue weighted by molar-refractivity contribution is -0.0708. The molecule has 272 valence electrons. The van der Waals surface area contributed by atoms with E-state index >= 15 is 4.39 Å². The van der Waals surface area contributed by atoms with E-state index in [-0.39, 0.29) is 23.1 Å². The third-order valence-electron chi connectivity index (χ3n) is 10.7. The van der Waals surface area contributed by atoms with Crippen LogP contribution >= 0.6 is 0 Å². The molecule has 54 heavy (non-hydrogen) atoms. The summed E-state index contributed by atoms with van der Waals surface area (Å²) in [5.74, 6) is -0.0310. The molecule has 2 unspecified atom stereocenters. The van der Waals surface area contributed by atoms with Gasteiger partial charge in [-0.15, -0.1) is 0 Å². The van der Waals surface area contributed by atoms with E-state index in [4.69, 9.17) is 19.2 Å². The maximum absolute atomic E-state index is 15.1. The zero-order valence-corrected chi connectivity index (χ0v) is 30.0. The topological polar surface area (TPSA) is 130 Å². The van der Waals surface area contributed by atoms with Crippen LogP contribution in [0.25, 0.3) is 27.5 Å². The molecule has 1 fully saturated rings. The van der Waals surface area contributed by atoms with Crippen molar-refractivity contribution < 1.29 is 23.4 Å². The number of carbonyl (C=O) groups is 1. The van der Waals surface area contributed by atoms with Crippen molar-refractivity contribution in [3.8, 4) is 17.6 Å². The van der Waals surface area contributed by atoms with Crippen LogP contribution in [0.15, 0.2) is 78.9 Å². The fraction of sp³-hybridized carbons (Fsp3) is 0.286. The highest BCUT2D eigenvalue weighted by molar-refractivity contribution is 6.07. The second-order valence-corrected chi connectivity index (χ2v) is 14.2. The van der Waals surface area contributed by atoms with Gasteiger partial charge in [-0.05, 0) is 85.5 Å². The van der Waals surface area contributed by atoms with Crippen molar-refractivity contribution in [2.24, 2.45) is 0 Å². The molecular formula is C42H38FN7O4. The maximum Gasteiger partial charge on any atom is 0.278 e. The molecule has 0 radical (unpaired) electrons. The first-order chi connectivity index (χ1) is 26.3. The van der Waals surface area contributed by atoms with Gasteiger partial charge in [-0.2, -0.15) is 10.4 Å². The normalized spacial score (nSPS) is 19.4. The van der Waals surface area contributed by atoms with Crippen molar-refractivity contribution in [2.75, 3.05) is 25.0 Å². The second-order valence-electron chi connectivity index (χ2n) is 14.2. The average Bonchev–Trinajstić information content (AvgIpc) is 3.85. The van der Waals surface area contributed by atoms with Crippen LogP contribution < -0.4 is 14.8 Å². The average molecular weight is 724 g/mol. The van der Waals surface area contributed by atoms with Crippen LogP contribution in [-0.2, 0) is 30.0 Å². The van der Waals surface area contributed by atoms with E-state index in [1.165, 1.54) is 6.07 Å². The summed E-state index contributed by atoms with van der Waals surface area (Å²) in [6, 6.07) is 23.5. The standard InChI is InChI=1S/C42H38FN7O4/c1-3-34-31-20-27(8-11-35(31)48-47-34)41(51)45-28-9-12-37-36(21-28)46-39(50(37)23-29-15-18-52-29)24-49-16-13-26(14-17-49)30-5-4-6-38-40(30)54-42(2,53-38)32-10-7-25(22-44)19-33(32)43/h4-13,19-21,29H,3,14-18,23-24H2,1-2H3,(H,45,51)(H,47,48). The first-order valence-corrected chi connectivity index (χ1v) is 18.3. The number of hydrogen-bond acceptors (Lipinski definition) is 8.